The Morgan fingerprint density at radius 1 is 1.15 bits per heavy atom. The minimum atomic E-state index is -0.533. The highest BCUT2D eigenvalue weighted by atomic mass is 16.7. The summed E-state index contributed by atoms with van der Waals surface area (Å²) in [5.41, 5.74) is 0.740. The van der Waals surface area contributed by atoms with Gasteiger partial charge in [0.2, 0.25) is 5.91 Å². The fourth-order valence-electron chi connectivity index (χ4n) is 3.70. The summed E-state index contributed by atoms with van der Waals surface area (Å²) in [5, 5.41) is 6.95. The van der Waals surface area contributed by atoms with Gasteiger partial charge >= 0.3 is 5.69 Å². The van der Waals surface area contributed by atoms with E-state index in [4.69, 9.17) is 9.47 Å². The molecule has 1 aliphatic carbocycles. The van der Waals surface area contributed by atoms with Crippen LogP contribution in [-0.2, 0) is 11.3 Å². The maximum atomic E-state index is 12.4. The van der Waals surface area contributed by atoms with Crippen LogP contribution >= 0.6 is 0 Å². The number of nitrogens with one attached hydrogen (secondary N) is 1. The fourth-order valence-corrected chi connectivity index (χ4v) is 3.70. The van der Waals surface area contributed by atoms with E-state index in [1.54, 1.807) is 42.6 Å². The Kier molecular flexibility index (Phi) is 3.46. The number of ether oxygens (including phenoxy) is 2. The van der Waals surface area contributed by atoms with E-state index in [1.165, 1.54) is 4.40 Å². The first-order valence-electron chi connectivity index (χ1n) is 8.98. The Bertz CT molecular complexity index is 1090. The molecule has 8 heteroatoms. The van der Waals surface area contributed by atoms with Crippen molar-refractivity contribution in [2.24, 2.45) is 0 Å². The van der Waals surface area contributed by atoms with Gasteiger partial charge in [0, 0.05) is 30.8 Å². The molecular weight excluding hydrogens is 348 g/mol. The summed E-state index contributed by atoms with van der Waals surface area (Å²) in [7, 11) is 0. The first-order valence-corrected chi connectivity index (χ1v) is 8.98. The minimum Gasteiger partial charge on any atom is -0.448 e. The number of carbonyl (C=O) groups is 1. The Morgan fingerprint density at radius 3 is 2.78 bits per heavy atom. The van der Waals surface area contributed by atoms with Crippen LogP contribution in [0.3, 0.4) is 0 Å². The number of aromatic nitrogens is 3. The number of hydrogen-bond acceptors (Lipinski definition) is 5. The molecule has 2 aliphatic rings. The third-order valence-corrected chi connectivity index (χ3v) is 4.97. The normalized spacial score (nSPS) is 16.9. The van der Waals surface area contributed by atoms with Crippen molar-refractivity contribution in [1.29, 1.82) is 0 Å². The average Bonchev–Trinajstić information content (AvgIpc) is 3.34. The third-order valence-electron chi connectivity index (χ3n) is 4.97. The smallest absolute Gasteiger partial charge is 0.350 e. The zero-order chi connectivity index (χ0) is 18.4. The van der Waals surface area contributed by atoms with E-state index in [2.05, 4.69) is 10.4 Å². The molecule has 138 valence electrons. The van der Waals surface area contributed by atoms with Gasteiger partial charge in [-0.15, -0.1) is 5.10 Å². The molecule has 1 fully saturated rings. The summed E-state index contributed by atoms with van der Waals surface area (Å²) >= 11 is 0. The summed E-state index contributed by atoms with van der Waals surface area (Å²) in [6, 6.07) is 10.6. The minimum absolute atomic E-state index is 0.168. The number of benzene rings is 1. The topological polar surface area (TPSA) is 86.9 Å². The van der Waals surface area contributed by atoms with Gasteiger partial charge in [0.05, 0.1) is 0 Å². The van der Waals surface area contributed by atoms with E-state index in [0.29, 0.717) is 22.8 Å². The lowest BCUT2D eigenvalue weighted by Crippen LogP contribution is -2.34. The number of anilines is 1. The molecule has 1 aromatic carbocycles. The van der Waals surface area contributed by atoms with E-state index in [9.17, 15) is 9.59 Å². The van der Waals surface area contributed by atoms with E-state index >= 15 is 0 Å². The van der Waals surface area contributed by atoms with E-state index < -0.39 is 5.79 Å². The van der Waals surface area contributed by atoms with E-state index in [0.717, 1.165) is 30.4 Å². The molecule has 3 heterocycles. The number of amides is 1. The predicted octanol–water partition coefficient (Wildman–Crippen LogP) is 2.18. The van der Waals surface area contributed by atoms with Gasteiger partial charge in [0.25, 0.3) is 5.79 Å². The number of carbonyl (C=O) groups excluding carboxylic acids is 1. The maximum Gasteiger partial charge on any atom is 0.350 e. The molecule has 2 aromatic heterocycles. The zero-order valence-electron chi connectivity index (χ0n) is 14.6. The first-order chi connectivity index (χ1) is 13.1. The van der Waals surface area contributed by atoms with Gasteiger partial charge in [-0.25, -0.2) is 9.48 Å². The van der Waals surface area contributed by atoms with Crippen molar-refractivity contribution < 1.29 is 14.3 Å². The molecule has 0 radical (unpaired) electrons. The zero-order valence-corrected chi connectivity index (χ0v) is 14.6. The maximum absolute atomic E-state index is 12.4. The molecule has 0 saturated heterocycles. The molecule has 1 spiro atoms. The van der Waals surface area contributed by atoms with Crippen LogP contribution in [0.4, 0.5) is 5.69 Å². The molecule has 1 amide bonds. The molecule has 1 saturated carbocycles. The molecule has 0 bridgehead atoms. The summed E-state index contributed by atoms with van der Waals surface area (Å²) in [6.45, 7) is -0.168. The van der Waals surface area contributed by atoms with Crippen LogP contribution in [0.5, 0.6) is 11.5 Å². The Labute approximate surface area is 154 Å². The van der Waals surface area contributed by atoms with Gasteiger partial charge < -0.3 is 14.8 Å². The standard InChI is InChI=1S/C19H18N4O4/c24-17(12-23-18(25)22-10-4-1-5-16(22)21-23)20-13-6-7-14-15(11-13)27-19(26-14)8-2-3-9-19/h1,4-7,10-11H,2-3,8-9,12H2,(H,20,24). The second kappa shape index (κ2) is 5.87. The van der Waals surface area contributed by atoms with Gasteiger partial charge in [0.1, 0.15) is 6.54 Å². The highest BCUT2D eigenvalue weighted by Gasteiger charge is 2.44. The number of pyridine rings is 1. The van der Waals surface area contributed by atoms with Crippen molar-refractivity contribution in [3.8, 4) is 11.5 Å². The first kappa shape index (κ1) is 15.9. The molecule has 1 N–H and O–H groups in total. The summed E-state index contributed by atoms with van der Waals surface area (Å²) in [4.78, 5) is 24.6. The van der Waals surface area contributed by atoms with Crippen LogP contribution in [0.2, 0.25) is 0 Å². The second-order valence-electron chi connectivity index (χ2n) is 6.90. The largest absolute Gasteiger partial charge is 0.448 e. The van der Waals surface area contributed by atoms with Crippen LogP contribution in [0.25, 0.3) is 5.65 Å². The van der Waals surface area contributed by atoms with Gasteiger partial charge in [-0.05, 0) is 37.1 Å². The van der Waals surface area contributed by atoms with Gasteiger partial charge in [-0.3, -0.25) is 9.20 Å². The van der Waals surface area contributed by atoms with Crippen LogP contribution in [0.1, 0.15) is 25.7 Å². The second-order valence-corrected chi connectivity index (χ2v) is 6.90. The SMILES string of the molecule is O=C(Cn1nc2ccccn2c1=O)Nc1ccc2c(c1)OC1(CCCC1)O2. The fraction of sp³-hybridized carbons (Fsp3) is 0.316. The summed E-state index contributed by atoms with van der Waals surface area (Å²) in [5.74, 6) is 0.468. The van der Waals surface area contributed by atoms with Gasteiger partial charge in [-0.2, -0.15) is 0 Å². The molecule has 0 atom stereocenters. The van der Waals surface area contributed by atoms with Crippen molar-refractivity contribution in [2.45, 2.75) is 38.0 Å². The monoisotopic (exact) mass is 366 g/mol. The number of rotatable bonds is 3. The molecule has 5 rings (SSSR count). The van der Waals surface area contributed by atoms with Crippen LogP contribution in [0.15, 0.2) is 47.4 Å². The summed E-state index contributed by atoms with van der Waals surface area (Å²) in [6.07, 6.45) is 5.55. The average molecular weight is 366 g/mol. The van der Waals surface area contributed by atoms with Crippen molar-refractivity contribution in [3.63, 3.8) is 0 Å². The van der Waals surface area contributed by atoms with Crippen molar-refractivity contribution in [3.05, 3.63) is 53.1 Å². The van der Waals surface area contributed by atoms with Gasteiger partial charge in [0.15, 0.2) is 17.1 Å². The Balaban J connectivity index is 1.32. The molecule has 0 unspecified atom stereocenters. The Hall–Kier alpha value is -3.29. The molecule has 27 heavy (non-hydrogen) atoms. The quantitative estimate of drug-likeness (QED) is 0.768. The lowest BCUT2D eigenvalue weighted by atomic mass is 10.2. The van der Waals surface area contributed by atoms with E-state index in [1.807, 2.05) is 0 Å². The highest BCUT2D eigenvalue weighted by Crippen LogP contribution is 2.47. The highest BCUT2D eigenvalue weighted by molar-refractivity contribution is 5.90. The lowest BCUT2D eigenvalue weighted by Gasteiger charge is -2.21. The number of nitrogens with zero attached hydrogens (tertiary/aromatic N) is 3. The van der Waals surface area contributed by atoms with Crippen LogP contribution < -0.4 is 20.5 Å². The number of fused-ring (bicyclic) bond motifs is 2. The van der Waals surface area contributed by atoms with Crippen molar-refractivity contribution in [2.75, 3.05) is 5.32 Å². The predicted molar refractivity (Wildman–Crippen MR) is 97.0 cm³/mol. The van der Waals surface area contributed by atoms with Crippen molar-refractivity contribution in [1.82, 2.24) is 14.2 Å². The molecule has 8 nitrogen and oxygen atoms in total. The van der Waals surface area contributed by atoms with Crippen molar-refractivity contribution >= 4 is 17.2 Å². The Morgan fingerprint density at radius 2 is 1.96 bits per heavy atom. The third kappa shape index (κ3) is 2.73. The molecule has 1 aliphatic heterocycles. The molecular formula is C19H18N4O4. The summed E-state index contributed by atoms with van der Waals surface area (Å²) < 4.78 is 14.5. The van der Waals surface area contributed by atoms with Gasteiger partial charge in [-0.1, -0.05) is 6.07 Å². The number of hydrogen-bond donors (Lipinski definition) is 1. The van der Waals surface area contributed by atoms with Crippen LogP contribution in [-0.4, -0.2) is 25.9 Å². The van der Waals surface area contributed by atoms with E-state index in [-0.39, 0.29) is 18.1 Å². The lowest BCUT2D eigenvalue weighted by molar-refractivity contribution is -0.117. The molecule has 3 aromatic rings. The van der Waals surface area contributed by atoms with Crippen LogP contribution in [0, 0.1) is 0 Å².